The number of anilines is 2. The Labute approximate surface area is 212 Å². The first-order chi connectivity index (χ1) is 17.2. The van der Waals surface area contributed by atoms with Crippen molar-refractivity contribution < 1.29 is 14.4 Å². The number of fused-ring (bicyclic) bond motifs is 1. The van der Waals surface area contributed by atoms with Gasteiger partial charge < -0.3 is 15.1 Å². The van der Waals surface area contributed by atoms with Crippen molar-refractivity contribution in [1.29, 1.82) is 0 Å². The second kappa shape index (κ2) is 10.3. The highest BCUT2D eigenvalue weighted by Crippen LogP contribution is 2.38. The lowest BCUT2D eigenvalue weighted by Crippen LogP contribution is -2.43. The van der Waals surface area contributed by atoms with Gasteiger partial charge in [-0.25, -0.2) is 0 Å². The average Bonchev–Trinajstić information content (AvgIpc) is 2.96. The van der Waals surface area contributed by atoms with E-state index in [-0.39, 0.29) is 23.8 Å². The molecule has 1 unspecified atom stereocenters. The third-order valence-electron chi connectivity index (χ3n) is 6.83. The first-order valence-corrected chi connectivity index (χ1v) is 12.2. The zero-order valence-corrected chi connectivity index (χ0v) is 21.2. The van der Waals surface area contributed by atoms with E-state index < -0.39 is 5.41 Å². The lowest BCUT2D eigenvalue weighted by molar-refractivity contribution is -0.136. The van der Waals surface area contributed by atoms with Crippen LogP contribution in [-0.2, 0) is 16.0 Å². The first-order valence-electron chi connectivity index (χ1n) is 12.2. The summed E-state index contributed by atoms with van der Waals surface area (Å²) in [5.41, 5.74) is 2.59. The van der Waals surface area contributed by atoms with E-state index in [1.807, 2.05) is 78.7 Å². The Morgan fingerprint density at radius 2 is 1.83 bits per heavy atom. The van der Waals surface area contributed by atoms with E-state index in [2.05, 4.69) is 10.3 Å². The smallest absolute Gasteiger partial charge is 0.254 e. The molecule has 0 saturated carbocycles. The maximum atomic E-state index is 13.7. The number of amides is 3. The van der Waals surface area contributed by atoms with Crippen LogP contribution in [-0.4, -0.2) is 41.2 Å². The molecule has 1 aliphatic heterocycles. The molecule has 0 bridgehead atoms. The van der Waals surface area contributed by atoms with Gasteiger partial charge in [-0.3, -0.25) is 19.4 Å². The van der Waals surface area contributed by atoms with Crippen molar-refractivity contribution >= 4 is 29.1 Å². The van der Waals surface area contributed by atoms with Gasteiger partial charge in [0.2, 0.25) is 11.8 Å². The predicted octanol–water partition coefficient (Wildman–Crippen LogP) is 4.86. The Kier molecular flexibility index (Phi) is 7.20. The minimum absolute atomic E-state index is 0.0554. The molecule has 7 nitrogen and oxygen atoms in total. The molecule has 0 spiro atoms. The summed E-state index contributed by atoms with van der Waals surface area (Å²) in [6.07, 6.45) is 4.90. The fourth-order valence-electron chi connectivity index (χ4n) is 4.62. The van der Waals surface area contributed by atoms with Crippen LogP contribution in [0, 0.1) is 5.41 Å². The van der Waals surface area contributed by atoms with Crippen molar-refractivity contribution in [3.8, 4) is 0 Å². The summed E-state index contributed by atoms with van der Waals surface area (Å²) < 4.78 is 0. The molecule has 36 heavy (non-hydrogen) atoms. The average molecular weight is 485 g/mol. The Bertz CT molecular complexity index is 1260. The molecule has 3 aromatic rings. The van der Waals surface area contributed by atoms with Crippen LogP contribution in [0.25, 0.3) is 0 Å². The largest absolute Gasteiger partial charge is 0.331 e. The predicted molar refractivity (Wildman–Crippen MR) is 141 cm³/mol. The normalized spacial score (nSPS) is 15.5. The van der Waals surface area contributed by atoms with E-state index in [1.54, 1.807) is 27.1 Å². The molecule has 186 valence electrons. The van der Waals surface area contributed by atoms with E-state index in [1.165, 1.54) is 4.90 Å². The third kappa shape index (κ3) is 4.87. The Morgan fingerprint density at radius 1 is 1.08 bits per heavy atom. The number of hydrogen-bond donors (Lipinski definition) is 1. The minimum Gasteiger partial charge on any atom is -0.331 e. The summed E-state index contributed by atoms with van der Waals surface area (Å²) in [6.45, 7) is 5.81. The summed E-state index contributed by atoms with van der Waals surface area (Å²) >= 11 is 0. The number of hydrogen-bond acceptors (Lipinski definition) is 4. The van der Waals surface area contributed by atoms with Gasteiger partial charge in [-0.1, -0.05) is 37.3 Å². The number of nitrogens with zero attached hydrogens (tertiary/aromatic N) is 3. The number of nitrogens with one attached hydrogen (secondary N) is 1. The van der Waals surface area contributed by atoms with Gasteiger partial charge >= 0.3 is 0 Å². The van der Waals surface area contributed by atoms with Crippen LogP contribution in [0.15, 0.2) is 73.1 Å². The van der Waals surface area contributed by atoms with Crippen LogP contribution in [0.3, 0.4) is 0 Å². The van der Waals surface area contributed by atoms with Crippen molar-refractivity contribution in [2.75, 3.05) is 23.8 Å². The molecular formula is C29H32N4O3. The van der Waals surface area contributed by atoms with Gasteiger partial charge in [0.15, 0.2) is 0 Å². The number of carbonyl (C=O) groups is 3. The number of pyridine rings is 1. The molecule has 0 radical (unpaired) electrons. The lowest BCUT2D eigenvalue weighted by Gasteiger charge is -2.33. The molecule has 0 saturated heterocycles. The van der Waals surface area contributed by atoms with Gasteiger partial charge in [-0.05, 0) is 68.1 Å². The van der Waals surface area contributed by atoms with Gasteiger partial charge in [0.25, 0.3) is 5.91 Å². The van der Waals surface area contributed by atoms with Gasteiger partial charge in [0, 0.05) is 31.5 Å². The maximum Gasteiger partial charge on any atom is 0.254 e. The number of benzene rings is 2. The Balaban J connectivity index is 1.72. The number of rotatable bonds is 7. The van der Waals surface area contributed by atoms with Gasteiger partial charge in [0.1, 0.15) is 5.41 Å². The highest BCUT2D eigenvalue weighted by molar-refractivity contribution is 6.19. The van der Waals surface area contributed by atoms with Gasteiger partial charge in [0.05, 0.1) is 17.4 Å². The molecule has 4 rings (SSSR count). The minimum atomic E-state index is -1.18. The quantitative estimate of drug-likeness (QED) is 0.486. The zero-order chi connectivity index (χ0) is 25.9. The Hall–Kier alpha value is -4.00. The number of aromatic nitrogens is 1. The second-order valence-corrected chi connectivity index (χ2v) is 9.62. The van der Waals surface area contributed by atoms with E-state index in [0.717, 1.165) is 11.1 Å². The van der Waals surface area contributed by atoms with Crippen LogP contribution in [0.2, 0.25) is 0 Å². The van der Waals surface area contributed by atoms with Crippen LogP contribution in [0.1, 0.15) is 54.7 Å². The molecule has 3 amide bonds. The van der Waals surface area contributed by atoms with E-state index in [4.69, 9.17) is 0 Å². The fourth-order valence-corrected chi connectivity index (χ4v) is 4.62. The summed E-state index contributed by atoms with van der Waals surface area (Å²) in [6, 6.07) is 18.6. The summed E-state index contributed by atoms with van der Waals surface area (Å²) in [5, 5.41) is 2.89. The number of carbonyl (C=O) groups excluding carboxylic acids is 3. The Morgan fingerprint density at radius 3 is 2.50 bits per heavy atom. The van der Waals surface area contributed by atoms with Crippen LogP contribution in [0.4, 0.5) is 11.4 Å². The van der Waals surface area contributed by atoms with Crippen molar-refractivity contribution in [2.24, 2.45) is 5.41 Å². The summed E-state index contributed by atoms with van der Waals surface area (Å²) in [7, 11) is 1.68. The third-order valence-corrected chi connectivity index (χ3v) is 6.83. The van der Waals surface area contributed by atoms with E-state index in [0.29, 0.717) is 36.3 Å². The molecule has 1 aliphatic rings. The van der Waals surface area contributed by atoms with Crippen molar-refractivity contribution in [3.05, 3.63) is 89.7 Å². The molecule has 2 heterocycles. The molecule has 0 fully saturated rings. The molecule has 1 atom stereocenters. The molecule has 0 aliphatic carbocycles. The summed E-state index contributed by atoms with van der Waals surface area (Å²) in [4.78, 5) is 47.1. The first kappa shape index (κ1) is 25.1. The van der Waals surface area contributed by atoms with Crippen molar-refractivity contribution in [2.45, 2.75) is 39.7 Å². The zero-order valence-electron chi connectivity index (χ0n) is 21.2. The molecular weight excluding hydrogens is 452 g/mol. The highest BCUT2D eigenvalue weighted by Gasteiger charge is 2.42. The van der Waals surface area contributed by atoms with E-state index in [9.17, 15) is 14.4 Å². The molecule has 2 aromatic carbocycles. The highest BCUT2D eigenvalue weighted by atomic mass is 16.2. The van der Waals surface area contributed by atoms with Crippen LogP contribution in [0.5, 0.6) is 0 Å². The molecule has 7 heteroatoms. The van der Waals surface area contributed by atoms with Crippen molar-refractivity contribution in [1.82, 2.24) is 9.88 Å². The molecule has 1 aromatic heterocycles. The molecule has 1 N–H and O–H groups in total. The second-order valence-electron chi connectivity index (χ2n) is 9.62. The van der Waals surface area contributed by atoms with Gasteiger partial charge in [-0.2, -0.15) is 0 Å². The van der Waals surface area contributed by atoms with E-state index >= 15 is 0 Å². The fraction of sp³-hybridized carbons (Fsp3) is 0.310. The van der Waals surface area contributed by atoms with Crippen molar-refractivity contribution in [3.63, 3.8) is 0 Å². The standard InChI is InChI=1S/C29H32N4O3/c1-5-24(22-13-14-23-25(18-22)32(4)28(36)29(2,3)27(35)31-23)33(17-15-20-10-9-16-30-19-20)26(34)21-11-7-6-8-12-21/h6-14,16,18-19,24H,5,15,17H2,1-4H3,(H,31,35). The van der Waals surface area contributed by atoms with Crippen LogP contribution < -0.4 is 10.2 Å². The maximum absolute atomic E-state index is 13.7. The van der Waals surface area contributed by atoms with Gasteiger partial charge in [-0.15, -0.1) is 0 Å². The van der Waals surface area contributed by atoms with Crippen LogP contribution >= 0.6 is 0 Å². The topological polar surface area (TPSA) is 82.6 Å². The monoisotopic (exact) mass is 484 g/mol. The SMILES string of the molecule is CCC(c1ccc2c(c1)N(C)C(=O)C(C)(C)C(=O)N2)N(CCc1cccnc1)C(=O)c1ccccc1. The lowest BCUT2D eigenvalue weighted by atomic mass is 9.91. The summed E-state index contributed by atoms with van der Waals surface area (Å²) in [5.74, 6) is -0.673.